The molecular weight excluding hydrogens is 282 g/mol. The number of likely N-dealkylation sites (N-methyl/N-ethyl adjacent to an activating group) is 1. The van der Waals surface area contributed by atoms with Crippen molar-refractivity contribution in [3.63, 3.8) is 0 Å². The number of piperidine rings is 1. The third-order valence-corrected chi connectivity index (χ3v) is 4.14. The van der Waals surface area contributed by atoms with E-state index >= 15 is 0 Å². The summed E-state index contributed by atoms with van der Waals surface area (Å²) in [7, 11) is -2.47. The van der Waals surface area contributed by atoms with Crippen molar-refractivity contribution < 1.29 is 18.0 Å². The second kappa shape index (κ2) is 5.22. The van der Waals surface area contributed by atoms with Gasteiger partial charge in [-0.1, -0.05) is 12.1 Å². The van der Waals surface area contributed by atoms with Gasteiger partial charge in [0.05, 0.1) is 5.69 Å². The van der Waals surface area contributed by atoms with Crippen LogP contribution in [0.3, 0.4) is 0 Å². The van der Waals surface area contributed by atoms with Crippen molar-refractivity contribution in [1.82, 2.24) is 4.90 Å². The van der Waals surface area contributed by atoms with E-state index in [0.29, 0.717) is 6.42 Å². The second-order valence-corrected chi connectivity index (χ2v) is 6.10. The van der Waals surface area contributed by atoms with Crippen LogP contribution in [-0.4, -0.2) is 38.2 Å². The molecule has 1 heterocycles. The van der Waals surface area contributed by atoms with Crippen molar-refractivity contribution in [3.05, 3.63) is 24.3 Å². The van der Waals surface area contributed by atoms with Gasteiger partial charge in [-0.3, -0.25) is 14.5 Å². The number of likely N-dealkylation sites (tertiary alicyclic amines) is 1. The summed E-state index contributed by atoms with van der Waals surface area (Å²) >= 11 is 0. The minimum Gasteiger partial charge on any atom is -0.373 e. The predicted octanol–water partition coefficient (Wildman–Crippen LogP) is -0.107. The van der Waals surface area contributed by atoms with Crippen LogP contribution in [0.15, 0.2) is 29.2 Å². The average molecular weight is 297 g/mol. The summed E-state index contributed by atoms with van der Waals surface area (Å²) in [5.41, 5.74) is 0.260. The molecular formula is C12H15N3O4S. The fourth-order valence-electron chi connectivity index (χ4n) is 2.07. The van der Waals surface area contributed by atoms with E-state index in [0.717, 1.165) is 4.90 Å². The van der Waals surface area contributed by atoms with Crippen molar-refractivity contribution in [2.24, 2.45) is 5.14 Å². The molecule has 0 radical (unpaired) electrons. The first-order valence-electron chi connectivity index (χ1n) is 5.99. The zero-order valence-corrected chi connectivity index (χ0v) is 11.7. The number of primary sulfonamides is 1. The monoisotopic (exact) mass is 297 g/mol. The Labute approximate surface area is 116 Å². The number of imide groups is 1. The van der Waals surface area contributed by atoms with Crippen molar-refractivity contribution in [2.75, 3.05) is 12.4 Å². The molecule has 20 heavy (non-hydrogen) atoms. The first-order valence-corrected chi connectivity index (χ1v) is 7.54. The molecule has 1 aromatic carbocycles. The van der Waals surface area contributed by atoms with Gasteiger partial charge in [-0.05, 0) is 18.6 Å². The van der Waals surface area contributed by atoms with Crippen LogP contribution in [0.4, 0.5) is 5.69 Å². The lowest BCUT2D eigenvalue weighted by atomic mass is 10.0. The lowest BCUT2D eigenvalue weighted by Gasteiger charge is -2.29. The van der Waals surface area contributed by atoms with Crippen LogP contribution in [-0.2, 0) is 19.6 Å². The van der Waals surface area contributed by atoms with Crippen molar-refractivity contribution in [1.29, 1.82) is 0 Å². The number of amides is 2. The molecule has 0 aliphatic carbocycles. The van der Waals surface area contributed by atoms with Crippen molar-refractivity contribution in [2.45, 2.75) is 23.8 Å². The van der Waals surface area contributed by atoms with Gasteiger partial charge in [0.15, 0.2) is 0 Å². The molecule has 2 amide bonds. The van der Waals surface area contributed by atoms with Gasteiger partial charge < -0.3 is 5.32 Å². The largest absolute Gasteiger partial charge is 0.373 e. The van der Waals surface area contributed by atoms with Gasteiger partial charge in [0.1, 0.15) is 10.9 Å². The Morgan fingerprint density at radius 1 is 1.30 bits per heavy atom. The van der Waals surface area contributed by atoms with Crippen molar-refractivity contribution >= 4 is 27.5 Å². The summed E-state index contributed by atoms with van der Waals surface area (Å²) < 4.78 is 23.0. The molecule has 7 nitrogen and oxygen atoms in total. The maximum absolute atomic E-state index is 12.0. The number of nitrogens with zero attached hydrogens (tertiary/aromatic N) is 1. The number of hydrogen-bond donors (Lipinski definition) is 2. The fourth-order valence-corrected chi connectivity index (χ4v) is 2.77. The Bertz CT molecular complexity index is 656. The Morgan fingerprint density at radius 2 is 1.95 bits per heavy atom. The molecule has 1 atom stereocenters. The van der Waals surface area contributed by atoms with Gasteiger partial charge in [-0.25, -0.2) is 13.6 Å². The normalized spacial score (nSPS) is 20.1. The SMILES string of the molecule is CN1C(=O)CCC(Nc2ccccc2S(N)(=O)=O)C1=O. The van der Waals surface area contributed by atoms with Crippen LogP contribution in [0.25, 0.3) is 0 Å². The number of nitrogens with two attached hydrogens (primary N) is 1. The lowest BCUT2D eigenvalue weighted by molar-refractivity contribution is -0.146. The number of benzene rings is 1. The van der Waals surface area contributed by atoms with Gasteiger partial charge in [-0.2, -0.15) is 0 Å². The van der Waals surface area contributed by atoms with Crippen LogP contribution < -0.4 is 10.5 Å². The zero-order chi connectivity index (χ0) is 14.9. The maximum atomic E-state index is 12.0. The van der Waals surface area contributed by atoms with E-state index in [4.69, 9.17) is 5.14 Å². The molecule has 1 aromatic rings. The zero-order valence-electron chi connectivity index (χ0n) is 10.9. The number of carbonyl (C=O) groups is 2. The number of sulfonamides is 1. The highest BCUT2D eigenvalue weighted by atomic mass is 32.2. The smallest absolute Gasteiger partial charge is 0.251 e. The lowest BCUT2D eigenvalue weighted by Crippen LogP contribution is -2.48. The molecule has 0 spiro atoms. The van der Waals surface area contributed by atoms with E-state index in [9.17, 15) is 18.0 Å². The first-order chi connectivity index (χ1) is 9.30. The molecule has 0 aromatic heterocycles. The molecule has 3 N–H and O–H groups in total. The molecule has 1 fully saturated rings. The molecule has 8 heteroatoms. The van der Waals surface area contributed by atoms with Crippen molar-refractivity contribution in [3.8, 4) is 0 Å². The van der Waals surface area contributed by atoms with E-state index in [1.807, 2.05) is 0 Å². The molecule has 2 rings (SSSR count). The Hall–Kier alpha value is -1.93. The van der Waals surface area contributed by atoms with Crippen LogP contribution in [0.1, 0.15) is 12.8 Å². The minimum atomic E-state index is -3.88. The molecule has 1 unspecified atom stereocenters. The highest BCUT2D eigenvalue weighted by Gasteiger charge is 2.32. The molecule has 0 saturated carbocycles. The van der Waals surface area contributed by atoms with Gasteiger partial charge >= 0.3 is 0 Å². The highest BCUT2D eigenvalue weighted by molar-refractivity contribution is 7.89. The average Bonchev–Trinajstić information content (AvgIpc) is 2.39. The van der Waals surface area contributed by atoms with Gasteiger partial charge in [0.2, 0.25) is 15.9 Å². The summed E-state index contributed by atoms with van der Waals surface area (Å²) in [6, 6.07) is 5.44. The molecule has 1 aliphatic rings. The van der Waals surface area contributed by atoms with E-state index in [1.54, 1.807) is 12.1 Å². The first kappa shape index (κ1) is 14.5. The number of nitrogens with one attached hydrogen (secondary N) is 1. The number of para-hydroxylation sites is 1. The summed E-state index contributed by atoms with van der Waals surface area (Å²) in [5.74, 6) is -0.627. The summed E-state index contributed by atoms with van der Waals surface area (Å²) in [5, 5.41) is 7.98. The number of carbonyl (C=O) groups excluding carboxylic acids is 2. The fraction of sp³-hybridized carbons (Fsp3) is 0.333. The van der Waals surface area contributed by atoms with E-state index in [-0.39, 0.29) is 28.8 Å². The standard InChI is InChI=1S/C12H15N3O4S/c1-15-11(16)7-6-9(12(15)17)14-8-4-2-3-5-10(8)20(13,18)19/h2-5,9,14H,6-7H2,1H3,(H2,13,18,19). The van der Waals surface area contributed by atoms with Crippen LogP contribution in [0, 0.1) is 0 Å². The predicted molar refractivity (Wildman–Crippen MR) is 72.2 cm³/mol. The Balaban J connectivity index is 2.28. The minimum absolute atomic E-state index is 0.0765. The van der Waals surface area contributed by atoms with E-state index < -0.39 is 16.1 Å². The quantitative estimate of drug-likeness (QED) is 0.757. The number of anilines is 1. The Kier molecular flexibility index (Phi) is 3.78. The van der Waals surface area contributed by atoms with E-state index in [1.165, 1.54) is 19.2 Å². The highest BCUT2D eigenvalue weighted by Crippen LogP contribution is 2.23. The molecule has 1 aliphatic heterocycles. The summed E-state index contributed by atoms with van der Waals surface area (Å²) in [6.45, 7) is 0. The molecule has 1 saturated heterocycles. The van der Waals surface area contributed by atoms with Crippen LogP contribution in [0.2, 0.25) is 0 Å². The van der Waals surface area contributed by atoms with Gasteiger partial charge in [-0.15, -0.1) is 0 Å². The van der Waals surface area contributed by atoms with Crippen LogP contribution >= 0.6 is 0 Å². The third-order valence-electron chi connectivity index (χ3n) is 3.17. The number of rotatable bonds is 3. The summed E-state index contributed by atoms with van der Waals surface area (Å²) in [6.07, 6.45) is 0.554. The number of hydrogen-bond acceptors (Lipinski definition) is 5. The van der Waals surface area contributed by atoms with Gasteiger partial charge in [0, 0.05) is 13.5 Å². The maximum Gasteiger partial charge on any atom is 0.251 e. The van der Waals surface area contributed by atoms with E-state index in [2.05, 4.69) is 5.32 Å². The summed E-state index contributed by atoms with van der Waals surface area (Å²) in [4.78, 5) is 24.3. The Morgan fingerprint density at radius 3 is 2.60 bits per heavy atom. The third kappa shape index (κ3) is 2.81. The van der Waals surface area contributed by atoms with Gasteiger partial charge in [0.25, 0.3) is 5.91 Å². The molecule has 0 bridgehead atoms. The van der Waals surface area contributed by atoms with Crippen LogP contribution in [0.5, 0.6) is 0 Å². The molecule has 108 valence electrons. The second-order valence-electron chi connectivity index (χ2n) is 4.57. The topological polar surface area (TPSA) is 110 Å².